The van der Waals surface area contributed by atoms with E-state index in [-0.39, 0.29) is 0 Å². The Bertz CT molecular complexity index is 229. The number of aldehydes is 1. The van der Waals surface area contributed by atoms with Gasteiger partial charge in [-0.05, 0) is 34.7 Å². The van der Waals surface area contributed by atoms with Crippen LogP contribution >= 0.6 is 22.6 Å². The monoisotopic (exact) mass is 235 g/mol. The van der Waals surface area contributed by atoms with E-state index in [1.54, 1.807) is 6.07 Å². The van der Waals surface area contributed by atoms with Crippen molar-refractivity contribution < 1.29 is 4.79 Å². The van der Waals surface area contributed by atoms with Crippen LogP contribution in [0.2, 0.25) is 0 Å². The molecule has 0 atom stereocenters. The van der Waals surface area contributed by atoms with Gasteiger partial charge in [0.1, 0.15) is 0 Å². The second-order valence-corrected chi connectivity index (χ2v) is 2.86. The van der Waals surface area contributed by atoms with Gasteiger partial charge in [0.2, 0.25) is 0 Å². The highest BCUT2D eigenvalue weighted by molar-refractivity contribution is 14.1. The van der Waals surface area contributed by atoms with Crippen LogP contribution in [-0.4, -0.2) is 10.9 Å². The topological polar surface area (TPSA) is 22.0 Å². The first-order valence-electron chi connectivity index (χ1n) is 2.52. The Labute approximate surface area is 67.0 Å². The number of carbonyl (C=O) groups excluding carboxylic acids is 1. The van der Waals surface area contributed by atoms with Crippen LogP contribution in [0.5, 0.6) is 0 Å². The molecule has 0 spiro atoms. The van der Waals surface area contributed by atoms with Gasteiger partial charge in [-0.1, -0.05) is 0 Å². The molecular formula is C6H6INO. The molecule has 0 amide bonds. The predicted octanol–water partition coefficient (Wildman–Crippen LogP) is 1.44. The fraction of sp³-hybridized carbons (Fsp3) is 0.167. The lowest BCUT2D eigenvalue weighted by molar-refractivity contribution is 0.111. The molecule has 0 bridgehead atoms. The molecule has 0 aliphatic rings. The average molecular weight is 235 g/mol. The highest BCUT2D eigenvalue weighted by atomic mass is 127. The predicted molar refractivity (Wildman–Crippen MR) is 43.5 cm³/mol. The van der Waals surface area contributed by atoms with Crippen molar-refractivity contribution in [2.45, 2.75) is 0 Å². The highest BCUT2D eigenvalue weighted by Gasteiger charge is 1.97. The van der Waals surface area contributed by atoms with Crippen molar-refractivity contribution in [3.05, 3.63) is 21.5 Å². The normalized spacial score (nSPS) is 9.56. The van der Waals surface area contributed by atoms with E-state index in [9.17, 15) is 4.79 Å². The molecule has 9 heavy (non-hydrogen) atoms. The Morgan fingerprint density at radius 2 is 2.33 bits per heavy atom. The summed E-state index contributed by atoms with van der Waals surface area (Å²) < 4.78 is 2.92. The summed E-state index contributed by atoms with van der Waals surface area (Å²) in [6.07, 6.45) is 0.849. The Kier molecular flexibility index (Phi) is 1.90. The molecule has 0 radical (unpaired) electrons. The van der Waals surface area contributed by atoms with Gasteiger partial charge in [-0.2, -0.15) is 0 Å². The lowest BCUT2D eigenvalue weighted by Crippen LogP contribution is -1.95. The molecule has 3 heteroatoms. The summed E-state index contributed by atoms with van der Waals surface area (Å²) in [5.74, 6) is 0. The third kappa shape index (κ3) is 1.15. The number of hydrogen-bond acceptors (Lipinski definition) is 1. The maximum atomic E-state index is 10.2. The molecule has 1 rings (SSSR count). The highest BCUT2D eigenvalue weighted by Crippen LogP contribution is 2.06. The Morgan fingerprint density at radius 3 is 2.56 bits per heavy atom. The number of carbonyl (C=O) groups is 1. The third-order valence-corrected chi connectivity index (χ3v) is 2.30. The van der Waals surface area contributed by atoms with Gasteiger partial charge in [0.05, 0.1) is 9.39 Å². The molecule has 0 aliphatic carbocycles. The average Bonchev–Trinajstić information content (AvgIpc) is 2.15. The summed E-state index contributed by atoms with van der Waals surface area (Å²) in [6.45, 7) is 0. The van der Waals surface area contributed by atoms with E-state index < -0.39 is 0 Å². The van der Waals surface area contributed by atoms with Crippen LogP contribution in [0.4, 0.5) is 0 Å². The molecule has 1 aromatic heterocycles. The van der Waals surface area contributed by atoms with Crippen molar-refractivity contribution in [1.29, 1.82) is 0 Å². The van der Waals surface area contributed by atoms with E-state index in [1.165, 1.54) is 0 Å². The molecule has 0 saturated carbocycles. The lowest BCUT2D eigenvalue weighted by Gasteiger charge is -1.93. The van der Waals surface area contributed by atoms with E-state index in [4.69, 9.17) is 0 Å². The summed E-state index contributed by atoms with van der Waals surface area (Å²) in [7, 11) is 1.87. The Morgan fingerprint density at radius 1 is 1.67 bits per heavy atom. The molecule has 0 saturated heterocycles. The van der Waals surface area contributed by atoms with Gasteiger partial charge >= 0.3 is 0 Å². The second kappa shape index (κ2) is 2.51. The molecule has 1 aromatic rings. The van der Waals surface area contributed by atoms with Crippen molar-refractivity contribution in [3.63, 3.8) is 0 Å². The third-order valence-electron chi connectivity index (χ3n) is 1.22. The van der Waals surface area contributed by atoms with Crippen molar-refractivity contribution in [1.82, 2.24) is 4.57 Å². The van der Waals surface area contributed by atoms with Crippen LogP contribution in [0.25, 0.3) is 0 Å². The van der Waals surface area contributed by atoms with Crippen molar-refractivity contribution >= 4 is 28.9 Å². The van der Waals surface area contributed by atoms with E-state index in [1.807, 2.05) is 17.7 Å². The van der Waals surface area contributed by atoms with Gasteiger partial charge in [0, 0.05) is 7.05 Å². The van der Waals surface area contributed by atoms with Crippen LogP contribution in [0, 0.1) is 3.70 Å². The first-order chi connectivity index (χ1) is 4.25. The Hall–Kier alpha value is -0.320. The summed E-state index contributed by atoms with van der Waals surface area (Å²) in [4.78, 5) is 10.2. The van der Waals surface area contributed by atoms with Crippen LogP contribution in [0.1, 0.15) is 10.5 Å². The number of hydrogen-bond donors (Lipinski definition) is 0. The van der Waals surface area contributed by atoms with Gasteiger partial charge in [-0.15, -0.1) is 0 Å². The van der Waals surface area contributed by atoms with E-state index in [0.717, 1.165) is 15.7 Å². The summed E-state index contributed by atoms with van der Waals surface area (Å²) >= 11 is 2.17. The van der Waals surface area contributed by atoms with Crippen molar-refractivity contribution in [3.8, 4) is 0 Å². The molecule has 48 valence electrons. The van der Waals surface area contributed by atoms with Gasteiger partial charge in [0.25, 0.3) is 0 Å². The van der Waals surface area contributed by atoms with Crippen LogP contribution in [-0.2, 0) is 7.05 Å². The lowest BCUT2D eigenvalue weighted by atomic mass is 10.5. The minimum atomic E-state index is 0.722. The molecule has 0 aliphatic heterocycles. The minimum Gasteiger partial charge on any atom is -0.337 e. The van der Waals surface area contributed by atoms with Crippen LogP contribution in [0.15, 0.2) is 12.1 Å². The first-order valence-corrected chi connectivity index (χ1v) is 3.60. The molecule has 0 unspecified atom stereocenters. The summed E-state index contributed by atoms with van der Waals surface area (Å²) in [5, 5.41) is 0. The van der Waals surface area contributed by atoms with E-state index in [2.05, 4.69) is 22.6 Å². The maximum Gasteiger partial charge on any atom is 0.166 e. The largest absolute Gasteiger partial charge is 0.337 e. The zero-order valence-corrected chi connectivity index (χ0v) is 7.12. The van der Waals surface area contributed by atoms with Crippen molar-refractivity contribution in [2.75, 3.05) is 0 Å². The molecule has 0 N–H and O–H groups in total. The zero-order valence-electron chi connectivity index (χ0n) is 4.97. The van der Waals surface area contributed by atoms with E-state index in [0.29, 0.717) is 0 Å². The molecule has 0 fully saturated rings. The maximum absolute atomic E-state index is 10.2. The van der Waals surface area contributed by atoms with Gasteiger partial charge in [0.15, 0.2) is 6.29 Å². The minimum absolute atomic E-state index is 0.722. The zero-order chi connectivity index (χ0) is 6.85. The molecule has 0 aromatic carbocycles. The van der Waals surface area contributed by atoms with Gasteiger partial charge < -0.3 is 4.57 Å². The Balaban J connectivity index is 3.18. The number of halogens is 1. The second-order valence-electron chi connectivity index (χ2n) is 1.76. The fourth-order valence-corrected chi connectivity index (χ4v) is 1.08. The van der Waals surface area contributed by atoms with Gasteiger partial charge in [-0.3, -0.25) is 4.79 Å². The first kappa shape index (κ1) is 6.80. The quantitative estimate of drug-likeness (QED) is 0.533. The molecule has 1 heterocycles. The van der Waals surface area contributed by atoms with Crippen LogP contribution < -0.4 is 0 Å². The van der Waals surface area contributed by atoms with Crippen LogP contribution in [0.3, 0.4) is 0 Å². The SMILES string of the molecule is Cn1c(I)ccc1C=O. The molecular weight excluding hydrogens is 229 g/mol. The number of nitrogens with zero attached hydrogens (tertiary/aromatic N) is 1. The van der Waals surface area contributed by atoms with Crippen molar-refractivity contribution in [2.24, 2.45) is 7.05 Å². The smallest absolute Gasteiger partial charge is 0.166 e. The number of aromatic nitrogens is 1. The standard InChI is InChI=1S/C6H6INO/c1-8-5(4-9)2-3-6(8)7/h2-4H,1H3. The fourth-order valence-electron chi connectivity index (χ4n) is 0.619. The molecule has 2 nitrogen and oxygen atoms in total. The van der Waals surface area contributed by atoms with Gasteiger partial charge in [-0.25, -0.2) is 0 Å². The number of rotatable bonds is 1. The van der Waals surface area contributed by atoms with E-state index >= 15 is 0 Å². The summed E-state index contributed by atoms with van der Waals surface area (Å²) in [6, 6.07) is 3.71. The summed E-state index contributed by atoms with van der Waals surface area (Å²) in [5.41, 5.74) is 0.722.